The molecule has 1 amide bonds. The average molecular weight is 368 g/mol. The molecule has 2 unspecified atom stereocenters. The SMILES string of the molecule is CN1CC2CCC(C1)N(C(=O)c1cccc(OCc3cccc(F)c3)c1)C2. The fraction of sp³-hybridized carbons (Fsp3) is 0.409. The molecule has 0 saturated carbocycles. The first-order valence-corrected chi connectivity index (χ1v) is 9.55. The minimum atomic E-state index is -0.277. The molecule has 2 atom stereocenters. The summed E-state index contributed by atoms with van der Waals surface area (Å²) in [5.74, 6) is 0.990. The summed E-state index contributed by atoms with van der Waals surface area (Å²) in [6.45, 7) is 3.12. The second kappa shape index (κ2) is 7.69. The minimum absolute atomic E-state index is 0.0798. The third kappa shape index (κ3) is 4.14. The first kappa shape index (κ1) is 18.0. The van der Waals surface area contributed by atoms with Gasteiger partial charge in [0, 0.05) is 31.2 Å². The molecule has 3 aliphatic heterocycles. The number of nitrogens with zero attached hydrogens (tertiary/aromatic N) is 2. The maximum Gasteiger partial charge on any atom is 0.254 e. The Bertz CT molecular complexity index is 825. The number of hydrogen-bond donors (Lipinski definition) is 0. The molecule has 5 rings (SSSR count). The highest BCUT2D eigenvalue weighted by atomic mass is 19.1. The van der Waals surface area contributed by atoms with E-state index in [2.05, 4.69) is 11.9 Å². The number of halogens is 1. The summed E-state index contributed by atoms with van der Waals surface area (Å²) in [5.41, 5.74) is 1.42. The summed E-state index contributed by atoms with van der Waals surface area (Å²) in [6, 6.07) is 14.0. The molecule has 142 valence electrons. The molecule has 0 N–H and O–H groups in total. The van der Waals surface area contributed by atoms with Crippen LogP contribution >= 0.6 is 0 Å². The van der Waals surface area contributed by atoms with Crippen LogP contribution in [0.1, 0.15) is 28.8 Å². The third-order valence-corrected chi connectivity index (χ3v) is 5.53. The zero-order chi connectivity index (χ0) is 18.8. The summed E-state index contributed by atoms with van der Waals surface area (Å²) >= 11 is 0. The Balaban J connectivity index is 1.46. The maximum atomic E-state index is 13.3. The first-order valence-electron chi connectivity index (χ1n) is 9.55. The highest BCUT2D eigenvalue weighted by Crippen LogP contribution is 2.29. The summed E-state index contributed by atoms with van der Waals surface area (Å²) in [6.07, 6.45) is 2.28. The Morgan fingerprint density at radius 3 is 2.81 bits per heavy atom. The first-order chi connectivity index (χ1) is 13.1. The van der Waals surface area contributed by atoms with Crippen molar-refractivity contribution in [3.05, 3.63) is 65.5 Å². The van der Waals surface area contributed by atoms with Crippen molar-refractivity contribution in [3.63, 3.8) is 0 Å². The predicted octanol–water partition coefficient (Wildman–Crippen LogP) is 3.57. The van der Waals surface area contributed by atoms with Gasteiger partial charge in [-0.2, -0.15) is 0 Å². The van der Waals surface area contributed by atoms with Crippen LogP contribution in [0.25, 0.3) is 0 Å². The monoisotopic (exact) mass is 368 g/mol. The van der Waals surface area contributed by atoms with Gasteiger partial charge in [-0.3, -0.25) is 4.79 Å². The molecular weight excluding hydrogens is 343 g/mol. The molecule has 27 heavy (non-hydrogen) atoms. The topological polar surface area (TPSA) is 32.8 Å². The zero-order valence-electron chi connectivity index (χ0n) is 15.6. The highest BCUT2D eigenvalue weighted by Gasteiger charge is 2.36. The fourth-order valence-electron chi connectivity index (χ4n) is 4.24. The summed E-state index contributed by atoms with van der Waals surface area (Å²) in [5, 5.41) is 0. The largest absolute Gasteiger partial charge is 0.489 e. The lowest BCUT2D eigenvalue weighted by Gasteiger charge is -2.36. The Morgan fingerprint density at radius 1 is 1.11 bits per heavy atom. The maximum absolute atomic E-state index is 13.3. The average Bonchev–Trinajstić information content (AvgIpc) is 2.95. The van der Waals surface area contributed by atoms with Crippen LogP contribution in [0.5, 0.6) is 5.75 Å². The van der Waals surface area contributed by atoms with Crippen LogP contribution < -0.4 is 4.74 Å². The quantitative estimate of drug-likeness (QED) is 0.827. The number of fused-ring (bicyclic) bond motifs is 4. The number of hydrogen-bond acceptors (Lipinski definition) is 3. The molecule has 3 aliphatic rings. The van der Waals surface area contributed by atoms with Gasteiger partial charge in [0.15, 0.2) is 0 Å². The lowest BCUT2D eigenvalue weighted by atomic mass is 9.94. The van der Waals surface area contributed by atoms with Gasteiger partial charge in [-0.15, -0.1) is 0 Å². The van der Waals surface area contributed by atoms with Crippen molar-refractivity contribution >= 4 is 5.91 Å². The fourth-order valence-corrected chi connectivity index (χ4v) is 4.24. The van der Waals surface area contributed by atoms with Crippen LogP contribution in [0, 0.1) is 11.7 Å². The number of likely N-dealkylation sites (N-methyl/N-ethyl adjacent to an activating group) is 1. The lowest BCUT2D eigenvalue weighted by molar-refractivity contribution is 0.0586. The van der Waals surface area contributed by atoms with E-state index >= 15 is 0 Å². The van der Waals surface area contributed by atoms with Crippen LogP contribution in [0.2, 0.25) is 0 Å². The zero-order valence-corrected chi connectivity index (χ0v) is 15.6. The van der Waals surface area contributed by atoms with E-state index in [1.165, 1.54) is 18.6 Å². The minimum Gasteiger partial charge on any atom is -0.489 e. The molecule has 3 heterocycles. The Kier molecular flexibility index (Phi) is 5.12. The van der Waals surface area contributed by atoms with Gasteiger partial charge >= 0.3 is 0 Å². The molecule has 2 bridgehead atoms. The Hall–Kier alpha value is -2.40. The molecule has 2 aromatic rings. The summed E-state index contributed by atoms with van der Waals surface area (Å²) in [7, 11) is 2.14. The van der Waals surface area contributed by atoms with Crippen molar-refractivity contribution < 1.29 is 13.9 Å². The number of ether oxygens (including phenoxy) is 1. The van der Waals surface area contributed by atoms with Crippen LogP contribution in [0.15, 0.2) is 48.5 Å². The van der Waals surface area contributed by atoms with E-state index in [9.17, 15) is 9.18 Å². The van der Waals surface area contributed by atoms with Crippen molar-refractivity contribution in [2.45, 2.75) is 25.5 Å². The Morgan fingerprint density at radius 2 is 1.96 bits per heavy atom. The van der Waals surface area contributed by atoms with Gasteiger partial charge in [0.1, 0.15) is 18.2 Å². The van der Waals surface area contributed by atoms with Crippen molar-refractivity contribution in [1.29, 1.82) is 0 Å². The third-order valence-electron chi connectivity index (χ3n) is 5.53. The molecule has 0 spiro atoms. The predicted molar refractivity (Wildman–Crippen MR) is 102 cm³/mol. The number of benzene rings is 2. The van der Waals surface area contributed by atoms with Gasteiger partial charge in [-0.05, 0) is 61.7 Å². The molecule has 0 aromatic heterocycles. The highest BCUT2D eigenvalue weighted by molar-refractivity contribution is 5.95. The van der Waals surface area contributed by atoms with Gasteiger partial charge in [0.2, 0.25) is 0 Å². The van der Waals surface area contributed by atoms with Crippen molar-refractivity contribution in [2.24, 2.45) is 5.92 Å². The van der Waals surface area contributed by atoms with E-state index in [-0.39, 0.29) is 24.4 Å². The number of amides is 1. The molecule has 0 aliphatic carbocycles. The molecule has 2 aromatic carbocycles. The van der Waals surface area contributed by atoms with Gasteiger partial charge in [0.05, 0.1) is 0 Å². The lowest BCUT2D eigenvalue weighted by Crippen LogP contribution is -2.47. The molecule has 3 fully saturated rings. The van der Waals surface area contributed by atoms with E-state index in [1.54, 1.807) is 12.1 Å². The molecule has 4 nitrogen and oxygen atoms in total. The smallest absolute Gasteiger partial charge is 0.254 e. The second-order valence-electron chi connectivity index (χ2n) is 7.72. The van der Waals surface area contributed by atoms with Crippen LogP contribution in [-0.2, 0) is 6.61 Å². The van der Waals surface area contributed by atoms with Gasteiger partial charge in [0.25, 0.3) is 5.91 Å². The van der Waals surface area contributed by atoms with Gasteiger partial charge < -0.3 is 14.5 Å². The second-order valence-corrected chi connectivity index (χ2v) is 7.72. The van der Waals surface area contributed by atoms with Gasteiger partial charge in [-0.25, -0.2) is 4.39 Å². The number of piperidine rings is 1. The number of carbonyl (C=O) groups excluding carboxylic acids is 1. The van der Waals surface area contributed by atoms with Crippen molar-refractivity contribution in [3.8, 4) is 5.75 Å². The number of carbonyl (C=O) groups is 1. The summed E-state index contributed by atoms with van der Waals surface area (Å²) in [4.78, 5) is 17.5. The molecular formula is C22H25FN2O2. The van der Waals surface area contributed by atoms with Crippen LogP contribution in [0.3, 0.4) is 0 Å². The molecule has 3 saturated heterocycles. The normalized spacial score (nSPS) is 22.5. The Labute approximate surface area is 159 Å². The van der Waals surface area contributed by atoms with E-state index < -0.39 is 0 Å². The molecule has 5 heteroatoms. The number of rotatable bonds is 4. The summed E-state index contributed by atoms with van der Waals surface area (Å²) < 4.78 is 19.1. The van der Waals surface area contributed by atoms with E-state index in [4.69, 9.17) is 4.74 Å². The van der Waals surface area contributed by atoms with E-state index in [1.807, 2.05) is 29.2 Å². The van der Waals surface area contributed by atoms with Crippen molar-refractivity contribution in [1.82, 2.24) is 9.80 Å². The van der Waals surface area contributed by atoms with Crippen molar-refractivity contribution in [2.75, 3.05) is 26.7 Å². The molecule has 0 radical (unpaired) electrons. The van der Waals surface area contributed by atoms with E-state index in [0.717, 1.165) is 31.6 Å². The van der Waals surface area contributed by atoms with Crippen LogP contribution in [0.4, 0.5) is 4.39 Å². The standard InChI is InChI=1S/C22H25FN2O2/c1-24-12-17-8-9-20(14-24)25(13-17)22(26)18-5-3-7-21(11-18)27-15-16-4-2-6-19(23)10-16/h2-7,10-11,17,20H,8-9,12-15H2,1H3. The van der Waals surface area contributed by atoms with E-state index in [0.29, 0.717) is 17.2 Å². The van der Waals surface area contributed by atoms with Crippen LogP contribution in [-0.4, -0.2) is 48.4 Å². The van der Waals surface area contributed by atoms with Gasteiger partial charge in [-0.1, -0.05) is 18.2 Å².